The van der Waals surface area contributed by atoms with Gasteiger partial charge < -0.3 is 10.2 Å². The number of piperazine rings is 1. The maximum absolute atomic E-state index is 13.0. The molecular formula is C20H23FN2O6S2. The maximum atomic E-state index is 13.0. The first kappa shape index (κ1) is 24.8. The molecule has 8 nitrogen and oxygen atoms in total. The summed E-state index contributed by atoms with van der Waals surface area (Å²) in [7, 11) is -3.55. The van der Waals surface area contributed by atoms with Crippen molar-refractivity contribution in [3.63, 3.8) is 0 Å². The summed E-state index contributed by atoms with van der Waals surface area (Å²) < 4.78 is 39.7. The van der Waals surface area contributed by atoms with Crippen LogP contribution in [-0.2, 0) is 26.2 Å². The molecule has 1 aliphatic heterocycles. The summed E-state index contributed by atoms with van der Waals surface area (Å²) in [6.07, 6.45) is 2.05. The van der Waals surface area contributed by atoms with Crippen molar-refractivity contribution >= 4 is 33.7 Å². The highest BCUT2D eigenvalue weighted by atomic mass is 32.2. The molecule has 0 unspecified atom stereocenters. The van der Waals surface area contributed by atoms with Gasteiger partial charge in [0.05, 0.1) is 4.90 Å². The number of hydrogen-bond acceptors (Lipinski definition) is 6. The van der Waals surface area contributed by atoms with Gasteiger partial charge in [-0.2, -0.15) is 4.31 Å². The van der Waals surface area contributed by atoms with E-state index in [0.29, 0.717) is 26.2 Å². The Morgan fingerprint density at radius 1 is 0.935 bits per heavy atom. The first-order chi connectivity index (χ1) is 14.6. The van der Waals surface area contributed by atoms with Gasteiger partial charge in [-0.1, -0.05) is 12.1 Å². The second-order valence-corrected chi connectivity index (χ2v) is 9.41. The molecule has 0 atom stereocenters. The number of thioether (sulfide) groups is 1. The van der Waals surface area contributed by atoms with E-state index in [9.17, 15) is 12.8 Å². The number of aliphatic carboxylic acids is 2. The number of hydrogen-bond donors (Lipinski definition) is 2. The molecule has 0 aliphatic carbocycles. The van der Waals surface area contributed by atoms with Crippen LogP contribution in [0, 0.1) is 5.82 Å². The third kappa shape index (κ3) is 7.31. The second-order valence-electron chi connectivity index (χ2n) is 6.59. The highest BCUT2D eigenvalue weighted by Crippen LogP contribution is 2.20. The minimum Gasteiger partial charge on any atom is -0.473 e. The first-order valence-electron chi connectivity index (χ1n) is 9.20. The molecule has 0 aromatic heterocycles. The van der Waals surface area contributed by atoms with Crippen molar-refractivity contribution in [2.45, 2.75) is 16.3 Å². The molecule has 0 saturated carbocycles. The molecule has 2 N–H and O–H groups in total. The number of nitrogens with zero attached hydrogens (tertiary/aromatic N) is 2. The van der Waals surface area contributed by atoms with E-state index in [1.807, 2.05) is 0 Å². The molecule has 2 aromatic carbocycles. The van der Waals surface area contributed by atoms with E-state index < -0.39 is 27.8 Å². The number of carboxylic acids is 2. The van der Waals surface area contributed by atoms with Crippen LogP contribution in [0.2, 0.25) is 0 Å². The van der Waals surface area contributed by atoms with Crippen LogP contribution in [0.25, 0.3) is 0 Å². The van der Waals surface area contributed by atoms with Crippen LogP contribution in [0.5, 0.6) is 0 Å². The summed E-state index contributed by atoms with van der Waals surface area (Å²) in [6, 6.07) is 13.5. The third-order valence-electron chi connectivity index (χ3n) is 4.53. The van der Waals surface area contributed by atoms with Gasteiger partial charge in [0.2, 0.25) is 10.0 Å². The van der Waals surface area contributed by atoms with Crippen LogP contribution in [0.1, 0.15) is 5.56 Å². The fourth-order valence-electron chi connectivity index (χ4n) is 2.87. The van der Waals surface area contributed by atoms with Crippen LogP contribution in [-0.4, -0.2) is 72.2 Å². The third-order valence-corrected chi connectivity index (χ3v) is 7.19. The summed E-state index contributed by atoms with van der Waals surface area (Å²) in [5.74, 6) is -4.08. The molecule has 3 rings (SSSR count). The summed E-state index contributed by atoms with van der Waals surface area (Å²) in [4.78, 5) is 21.8. The van der Waals surface area contributed by atoms with Gasteiger partial charge in [0, 0.05) is 37.6 Å². The lowest BCUT2D eigenvalue weighted by atomic mass is 10.2. The van der Waals surface area contributed by atoms with Crippen LogP contribution in [0.4, 0.5) is 4.39 Å². The summed E-state index contributed by atoms with van der Waals surface area (Å²) in [6.45, 7) is 3.08. The smallest absolute Gasteiger partial charge is 0.414 e. The summed E-state index contributed by atoms with van der Waals surface area (Å²) in [5.41, 5.74) is 1.23. The molecule has 1 fully saturated rings. The van der Waals surface area contributed by atoms with E-state index >= 15 is 0 Å². The molecule has 1 aliphatic rings. The van der Waals surface area contributed by atoms with Crippen LogP contribution in [0.15, 0.2) is 58.3 Å². The molecule has 0 bridgehead atoms. The summed E-state index contributed by atoms with van der Waals surface area (Å²) >= 11 is 1.71. The molecule has 31 heavy (non-hydrogen) atoms. The van der Waals surface area contributed by atoms with Crippen molar-refractivity contribution in [2.75, 3.05) is 32.4 Å². The molecule has 1 heterocycles. The first-order valence-corrected chi connectivity index (χ1v) is 11.9. The number of rotatable bonds is 5. The van der Waals surface area contributed by atoms with Crippen molar-refractivity contribution in [1.29, 1.82) is 0 Å². The number of halogens is 1. The van der Waals surface area contributed by atoms with Gasteiger partial charge in [-0.05, 0) is 48.2 Å². The van der Waals surface area contributed by atoms with Crippen molar-refractivity contribution in [2.24, 2.45) is 0 Å². The zero-order valence-electron chi connectivity index (χ0n) is 16.8. The Morgan fingerprint density at radius 3 is 1.90 bits per heavy atom. The quantitative estimate of drug-likeness (QED) is 0.505. The Kier molecular flexibility index (Phi) is 8.99. The molecule has 0 spiro atoms. The van der Waals surface area contributed by atoms with Gasteiger partial charge in [0.1, 0.15) is 5.82 Å². The number of carbonyl (C=O) groups is 2. The van der Waals surface area contributed by atoms with Gasteiger partial charge in [-0.25, -0.2) is 22.4 Å². The molecule has 0 amide bonds. The van der Waals surface area contributed by atoms with Gasteiger partial charge >= 0.3 is 11.9 Å². The van der Waals surface area contributed by atoms with Gasteiger partial charge in [0.15, 0.2) is 0 Å². The van der Waals surface area contributed by atoms with E-state index in [4.69, 9.17) is 19.8 Å². The van der Waals surface area contributed by atoms with Gasteiger partial charge in [-0.3, -0.25) is 4.90 Å². The predicted octanol–water partition coefficient (Wildman–Crippen LogP) is 2.21. The standard InChI is InChI=1S/C18H21FN2O2S2.C2H2O4/c1-24-17-6-2-15(3-7-17)14-20-10-12-21(13-11-20)25(22,23)18-8-4-16(19)5-9-18;3-1(4)2(5)6/h2-9H,10-14H2,1H3;(H,3,4)(H,5,6). The largest absolute Gasteiger partial charge is 0.473 e. The lowest BCUT2D eigenvalue weighted by Gasteiger charge is -2.34. The van der Waals surface area contributed by atoms with Crippen molar-refractivity contribution in [3.05, 3.63) is 59.9 Å². The Bertz CT molecular complexity index is 977. The SMILES string of the molecule is CSc1ccc(CN2CCN(S(=O)(=O)c3ccc(F)cc3)CC2)cc1.O=C(O)C(=O)O. The topological polar surface area (TPSA) is 115 Å². The lowest BCUT2D eigenvalue weighted by Crippen LogP contribution is -2.48. The Balaban J connectivity index is 0.000000501. The predicted molar refractivity (Wildman–Crippen MR) is 114 cm³/mol. The molecular weight excluding hydrogens is 447 g/mol. The normalized spacial score (nSPS) is 15.0. The zero-order valence-corrected chi connectivity index (χ0v) is 18.4. The van der Waals surface area contributed by atoms with Gasteiger partial charge in [0.25, 0.3) is 0 Å². The molecule has 2 aromatic rings. The fraction of sp³-hybridized carbons (Fsp3) is 0.300. The molecule has 1 saturated heterocycles. The molecule has 0 radical (unpaired) electrons. The minimum atomic E-state index is -3.55. The lowest BCUT2D eigenvalue weighted by molar-refractivity contribution is -0.159. The number of carboxylic acid groups (broad SMARTS) is 2. The van der Waals surface area contributed by atoms with E-state index in [2.05, 4.69) is 35.4 Å². The van der Waals surface area contributed by atoms with Gasteiger partial charge in [-0.15, -0.1) is 11.8 Å². The van der Waals surface area contributed by atoms with Crippen molar-refractivity contribution < 1.29 is 32.6 Å². The highest BCUT2D eigenvalue weighted by molar-refractivity contribution is 7.98. The van der Waals surface area contributed by atoms with Crippen LogP contribution >= 0.6 is 11.8 Å². The second kappa shape index (κ2) is 11.2. The molecule has 11 heteroatoms. The molecule has 168 valence electrons. The highest BCUT2D eigenvalue weighted by Gasteiger charge is 2.28. The van der Waals surface area contributed by atoms with E-state index in [-0.39, 0.29) is 4.90 Å². The van der Waals surface area contributed by atoms with E-state index in [1.165, 1.54) is 39.0 Å². The Labute approximate surface area is 184 Å². The maximum Gasteiger partial charge on any atom is 0.414 e. The van der Waals surface area contributed by atoms with Crippen LogP contribution in [0.3, 0.4) is 0 Å². The summed E-state index contributed by atoms with van der Waals surface area (Å²) in [5, 5.41) is 14.8. The van der Waals surface area contributed by atoms with Crippen molar-refractivity contribution in [1.82, 2.24) is 9.21 Å². The Morgan fingerprint density at radius 2 is 1.45 bits per heavy atom. The average Bonchev–Trinajstić information content (AvgIpc) is 2.75. The average molecular weight is 471 g/mol. The number of benzene rings is 2. The van der Waals surface area contributed by atoms with Crippen LogP contribution < -0.4 is 0 Å². The fourth-order valence-corrected chi connectivity index (χ4v) is 4.70. The van der Waals surface area contributed by atoms with Crippen molar-refractivity contribution in [3.8, 4) is 0 Å². The monoisotopic (exact) mass is 470 g/mol. The Hall–Kier alpha value is -2.47. The zero-order chi connectivity index (χ0) is 23.0. The van der Waals surface area contributed by atoms with E-state index in [0.717, 1.165) is 6.54 Å². The number of sulfonamides is 1. The van der Waals surface area contributed by atoms with E-state index in [1.54, 1.807) is 11.8 Å². The minimum absolute atomic E-state index is 0.148.